The van der Waals surface area contributed by atoms with Crippen LogP contribution in [0.1, 0.15) is 10.4 Å². The molecule has 98 valence electrons. The van der Waals surface area contributed by atoms with E-state index in [2.05, 4.69) is 10.6 Å². The van der Waals surface area contributed by atoms with Gasteiger partial charge in [0.2, 0.25) is 0 Å². The van der Waals surface area contributed by atoms with Crippen LogP contribution in [0.15, 0.2) is 40.6 Å². The maximum absolute atomic E-state index is 12.1. The summed E-state index contributed by atoms with van der Waals surface area (Å²) >= 11 is 1.15. The molecule has 0 saturated heterocycles. The fourth-order valence-electron chi connectivity index (χ4n) is 1.49. The Morgan fingerprint density at radius 1 is 1.32 bits per heavy atom. The first-order valence-corrected chi connectivity index (χ1v) is 7.73. The minimum atomic E-state index is -3.58. The molecule has 19 heavy (non-hydrogen) atoms. The van der Waals surface area contributed by atoms with Crippen molar-refractivity contribution in [2.24, 2.45) is 5.73 Å². The van der Waals surface area contributed by atoms with Crippen molar-refractivity contribution in [3.05, 3.63) is 46.8 Å². The topological polar surface area (TPSA) is 72.2 Å². The lowest BCUT2D eigenvalue weighted by molar-refractivity contribution is 0.603. The van der Waals surface area contributed by atoms with Gasteiger partial charge in [0.15, 0.2) is 0 Å². The molecule has 0 aliphatic rings. The van der Waals surface area contributed by atoms with Gasteiger partial charge in [-0.3, -0.25) is 4.72 Å². The van der Waals surface area contributed by atoms with E-state index in [1.165, 1.54) is 0 Å². The first-order valence-electron chi connectivity index (χ1n) is 5.43. The monoisotopic (exact) mass is 292 g/mol. The van der Waals surface area contributed by atoms with Crippen LogP contribution >= 0.6 is 11.3 Å². The van der Waals surface area contributed by atoms with Crippen LogP contribution in [0, 0.1) is 12.3 Å². The van der Waals surface area contributed by atoms with Crippen LogP contribution < -0.4 is 10.5 Å². The minimum Gasteiger partial charge on any atom is -0.326 e. The van der Waals surface area contributed by atoms with E-state index in [-0.39, 0.29) is 4.21 Å². The molecule has 3 N–H and O–H groups in total. The van der Waals surface area contributed by atoms with Crippen LogP contribution in [0.2, 0.25) is 0 Å². The molecule has 4 nitrogen and oxygen atoms in total. The number of thiophene rings is 1. The number of terminal acetylenes is 1. The summed E-state index contributed by atoms with van der Waals surface area (Å²) in [5.41, 5.74) is 6.53. The number of hydrogen-bond acceptors (Lipinski definition) is 4. The number of sulfonamides is 1. The number of benzene rings is 1. The molecule has 0 bridgehead atoms. The molecular formula is C13H12N2O2S2. The van der Waals surface area contributed by atoms with Crippen LogP contribution in [-0.2, 0) is 16.6 Å². The lowest BCUT2D eigenvalue weighted by Gasteiger charge is -2.06. The van der Waals surface area contributed by atoms with Crippen molar-refractivity contribution in [3.63, 3.8) is 0 Å². The van der Waals surface area contributed by atoms with Crippen molar-refractivity contribution in [2.75, 3.05) is 4.72 Å². The van der Waals surface area contributed by atoms with Gasteiger partial charge in [-0.2, -0.15) is 0 Å². The van der Waals surface area contributed by atoms with Gasteiger partial charge in [0, 0.05) is 17.0 Å². The minimum absolute atomic E-state index is 0.235. The third-order valence-electron chi connectivity index (χ3n) is 2.38. The van der Waals surface area contributed by atoms with E-state index in [4.69, 9.17) is 12.2 Å². The second-order valence-corrected chi connectivity index (χ2v) is 6.83. The number of nitrogens with one attached hydrogen (secondary N) is 1. The fraction of sp³-hybridized carbons (Fsp3) is 0.0769. The Morgan fingerprint density at radius 3 is 2.74 bits per heavy atom. The highest BCUT2D eigenvalue weighted by Crippen LogP contribution is 2.24. The van der Waals surface area contributed by atoms with E-state index in [1.807, 2.05) is 0 Å². The Hall–Kier alpha value is -1.81. The third kappa shape index (κ3) is 3.15. The van der Waals surface area contributed by atoms with Crippen LogP contribution in [0.3, 0.4) is 0 Å². The Labute approximate surface area is 116 Å². The molecule has 0 aliphatic heterocycles. The molecule has 2 rings (SSSR count). The highest BCUT2D eigenvalue weighted by Gasteiger charge is 2.16. The standard InChI is InChI=1S/C13H12N2O2S2/c1-2-10-4-3-5-11(8-10)15-19(16,17)13-7-6-12(9-14)18-13/h1,3-8,15H,9,14H2. The van der Waals surface area contributed by atoms with Crippen LogP contribution in [0.25, 0.3) is 0 Å². The second-order valence-electron chi connectivity index (χ2n) is 3.76. The number of nitrogens with two attached hydrogens (primary N) is 1. The zero-order chi connectivity index (χ0) is 13.9. The Morgan fingerprint density at radius 2 is 2.11 bits per heavy atom. The normalized spacial score (nSPS) is 10.9. The number of anilines is 1. The smallest absolute Gasteiger partial charge is 0.271 e. The highest BCUT2D eigenvalue weighted by molar-refractivity contribution is 7.94. The number of hydrogen-bond donors (Lipinski definition) is 2. The Bertz CT molecular complexity index is 727. The molecule has 0 unspecified atom stereocenters. The van der Waals surface area contributed by atoms with E-state index in [1.54, 1.807) is 36.4 Å². The van der Waals surface area contributed by atoms with Gasteiger partial charge >= 0.3 is 0 Å². The Balaban J connectivity index is 2.28. The van der Waals surface area contributed by atoms with Gasteiger partial charge in [0.1, 0.15) is 4.21 Å². The molecule has 0 radical (unpaired) electrons. The van der Waals surface area contributed by atoms with Gasteiger partial charge in [-0.1, -0.05) is 12.0 Å². The molecule has 0 spiro atoms. The largest absolute Gasteiger partial charge is 0.326 e. The molecule has 0 atom stereocenters. The SMILES string of the molecule is C#Cc1cccc(NS(=O)(=O)c2ccc(CN)s2)c1. The first-order chi connectivity index (χ1) is 9.05. The van der Waals surface area contributed by atoms with Gasteiger partial charge in [-0.05, 0) is 30.3 Å². The maximum Gasteiger partial charge on any atom is 0.271 e. The predicted octanol–water partition coefficient (Wildman–Crippen LogP) is 1.99. The Kier molecular flexibility index (Phi) is 3.90. The summed E-state index contributed by atoms with van der Waals surface area (Å²) in [5.74, 6) is 2.46. The summed E-state index contributed by atoms with van der Waals surface area (Å²) in [6, 6.07) is 9.93. The van der Waals surface area contributed by atoms with Crippen molar-refractivity contribution in [1.29, 1.82) is 0 Å². The summed E-state index contributed by atoms with van der Waals surface area (Å²) in [7, 11) is -3.58. The zero-order valence-electron chi connectivity index (χ0n) is 9.96. The van der Waals surface area contributed by atoms with Gasteiger partial charge in [0.25, 0.3) is 10.0 Å². The van der Waals surface area contributed by atoms with E-state index in [0.29, 0.717) is 17.8 Å². The van der Waals surface area contributed by atoms with Crippen molar-refractivity contribution >= 4 is 27.0 Å². The van der Waals surface area contributed by atoms with Gasteiger partial charge in [-0.25, -0.2) is 8.42 Å². The summed E-state index contributed by atoms with van der Waals surface area (Å²) in [6.07, 6.45) is 5.28. The first kappa shape index (κ1) is 13.6. The molecule has 1 aromatic heterocycles. The molecule has 0 amide bonds. The predicted molar refractivity (Wildman–Crippen MR) is 77.4 cm³/mol. The molecule has 2 aromatic rings. The highest BCUT2D eigenvalue weighted by atomic mass is 32.2. The molecule has 0 aliphatic carbocycles. The van der Waals surface area contributed by atoms with Crippen molar-refractivity contribution < 1.29 is 8.42 Å². The molecule has 0 fully saturated rings. The average Bonchev–Trinajstić information content (AvgIpc) is 2.88. The van der Waals surface area contributed by atoms with Gasteiger partial charge < -0.3 is 5.73 Å². The van der Waals surface area contributed by atoms with Crippen LogP contribution in [0.5, 0.6) is 0 Å². The summed E-state index contributed by atoms with van der Waals surface area (Å²) in [5, 5.41) is 0. The van der Waals surface area contributed by atoms with Crippen molar-refractivity contribution in [3.8, 4) is 12.3 Å². The molecule has 0 saturated carbocycles. The van der Waals surface area contributed by atoms with Gasteiger partial charge in [-0.15, -0.1) is 17.8 Å². The second kappa shape index (κ2) is 5.45. The third-order valence-corrected chi connectivity index (χ3v) is 5.37. The number of rotatable bonds is 4. The molecular weight excluding hydrogens is 280 g/mol. The van der Waals surface area contributed by atoms with Crippen LogP contribution in [0.4, 0.5) is 5.69 Å². The quantitative estimate of drug-likeness (QED) is 0.846. The lowest BCUT2D eigenvalue weighted by Crippen LogP contribution is -2.11. The van der Waals surface area contributed by atoms with Gasteiger partial charge in [0.05, 0.1) is 5.69 Å². The van der Waals surface area contributed by atoms with E-state index in [0.717, 1.165) is 16.2 Å². The van der Waals surface area contributed by atoms with Crippen molar-refractivity contribution in [1.82, 2.24) is 0 Å². The summed E-state index contributed by atoms with van der Waals surface area (Å²) < 4.78 is 27.0. The van der Waals surface area contributed by atoms with E-state index < -0.39 is 10.0 Å². The van der Waals surface area contributed by atoms with E-state index in [9.17, 15) is 8.42 Å². The van der Waals surface area contributed by atoms with E-state index >= 15 is 0 Å². The molecule has 1 heterocycles. The maximum atomic E-state index is 12.1. The fourth-order valence-corrected chi connectivity index (χ4v) is 3.77. The zero-order valence-corrected chi connectivity index (χ0v) is 11.6. The van der Waals surface area contributed by atoms with Crippen LogP contribution in [-0.4, -0.2) is 8.42 Å². The summed E-state index contributed by atoms with van der Waals surface area (Å²) in [6.45, 7) is 0.326. The van der Waals surface area contributed by atoms with Crippen molar-refractivity contribution in [2.45, 2.75) is 10.8 Å². The average molecular weight is 292 g/mol. The molecule has 1 aromatic carbocycles. The summed E-state index contributed by atoms with van der Waals surface area (Å²) in [4.78, 5) is 0.817. The molecule has 6 heteroatoms. The lowest BCUT2D eigenvalue weighted by atomic mass is 10.2.